The average Bonchev–Trinajstić information content (AvgIpc) is 3.01. The average molecular weight is 630 g/mol. The zero-order valence-electron chi connectivity index (χ0n) is 25.2. The molecule has 1 spiro atoms. The minimum Gasteiger partial charge on any atom is -0.478 e. The number of amides is 2. The SMILES string of the molecule is CC(O)CCN1C(=O)[C@@H]([C@H](O)C2CCCCC2)NC(=O)C12CCN(Cc1ccc(Oc3ccc(C(=O)O)cc3)cc1)CC2.Cl. The van der Waals surface area contributed by atoms with Crippen molar-refractivity contribution in [2.45, 2.75) is 88.6 Å². The number of hydrogen-bond donors (Lipinski definition) is 4. The van der Waals surface area contributed by atoms with Gasteiger partial charge in [-0.25, -0.2) is 4.79 Å². The van der Waals surface area contributed by atoms with E-state index in [1.165, 1.54) is 12.1 Å². The smallest absolute Gasteiger partial charge is 0.335 e. The van der Waals surface area contributed by atoms with Crippen LogP contribution in [0.4, 0.5) is 0 Å². The van der Waals surface area contributed by atoms with Crippen LogP contribution in [-0.4, -0.2) is 86.3 Å². The minimum atomic E-state index is -0.987. The summed E-state index contributed by atoms with van der Waals surface area (Å²) in [5.41, 5.74) is 0.290. The second kappa shape index (κ2) is 14.7. The number of aliphatic hydroxyl groups excluding tert-OH is 2. The van der Waals surface area contributed by atoms with Gasteiger partial charge in [-0.15, -0.1) is 12.4 Å². The van der Waals surface area contributed by atoms with Gasteiger partial charge in [0.2, 0.25) is 11.8 Å². The standard InChI is InChI=1S/C33H43N3O7.ClH/c1-22(37)15-18-36-30(39)28(29(38)24-5-3-2-4-6-24)34-32(42)33(36)16-19-35(20-17-33)21-23-7-11-26(12-8-23)43-27-13-9-25(10-14-27)31(40)41;/h7-14,22,24,28-29,37-38H,2-6,15-21H2,1H3,(H,34,42)(H,40,41);1H/t22?,28-,29-;/m1./s1. The molecule has 1 aliphatic carbocycles. The predicted molar refractivity (Wildman–Crippen MR) is 167 cm³/mol. The molecule has 11 heteroatoms. The number of aromatic carboxylic acids is 1. The number of piperazine rings is 1. The maximum Gasteiger partial charge on any atom is 0.335 e. The molecule has 4 N–H and O–H groups in total. The van der Waals surface area contributed by atoms with E-state index in [2.05, 4.69) is 10.2 Å². The highest BCUT2D eigenvalue weighted by Gasteiger charge is 2.55. The Morgan fingerprint density at radius 2 is 1.57 bits per heavy atom. The molecule has 2 aliphatic heterocycles. The Labute approximate surface area is 264 Å². The van der Waals surface area contributed by atoms with E-state index in [0.717, 1.165) is 37.7 Å². The number of aliphatic hydroxyl groups is 2. The molecular formula is C33H44ClN3O7. The van der Waals surface area contributed by atoms with Crippen LogP contribution in [0.25, 0.3) is 0 Å². The van der Waals surface area contributed by atoms with Gasteiger partial charge in [0.15, 0.2) is 0 Å². The van der Waals surface area contributed by atoms with Crippen molar-refractivity contribution in [3.8, 4) is 11.5 Å². The van der Waals surface area contributed by atoms with Crippen LogP contribution < -0.4 is 10.1 Å². The number of benzene rings is 2. The first-order valence-corrected chi connectivity index (χ1v) is 15.5. The molecule has 44 heavy (non-hydrogen) atoms. The molecule has 3 aliphatic rings. The highest BCUT2D eigenvalue weighted by atomic mass is 35.5. The molecule has 1 unspecified atom stereocenters. The van der Waals surface area contributed by atoms with Gasteiger partial charge in [0, 0.05) is 26.2 Å². The summed E-state index contributed by atoms with van der Waals surface area (Å²) >= 11 is 0. The van der Waals surface area contributed by atoms with Crippen LogP contribution in [0.2, 0.25) is 0 Å². The van der Waals surface area contributed by atoms with Crippen molar-refractivity contribution in [1.82, 2.24) is 15.1 Å². The van der Waals surface area contributed by atoms with Gasteiger partial charge in [-0.3, -0.25) is 14.5 Å². The lowest BCUT2D eigenvalue weighted by Gasteiger charge is -2.52. The van der Waals surface area contributed by atoms with Gasteiger partial charge in [-0.1, -0.05) is 31.4 Å². The largest absolute Gasteiger partial charge is 0.478 e. The fourth-order valence-electron chi connectivity index (χ4n) is 6.76. The number of ether oxygens (including phenoxy) is 1. The van der Waals surface area contributed by atoms with E-state index < -0.39 is 29.8 Å². The number of likely N-dealkylation sites (tertiary alicyclic amines) is 1. The number of rotatable bonds is 10. The zero-order valence-corrected chi connectivity index (χ0v) is 26.0. The van der Waals surface area contributed by atoms with E-state index in [1.807, 2.05) is 24.3 Å². The molecule has 0 aromatic heterocycles. The summed E-state index contributed by atoms with van der Waals surface area (Å²) in [4.78, 5) is 42.6. The lowest BCUT2D eigenvalue weighted by molar-refractivity contribution is -0.166. The molecule has 10 nitrogen and oxygen atoms in total. The first-order chi connectivity index (χ1) is 20.7. The Morgan fingerprint density at radius 1 is 0.977 bits per heavy atom. The summed E-state index contributed by atoms with van der Waals surface area (Å²) in [6.07, 6.45) is 4.73. The number of nitrogens with one attached hydrogen (secondary N) is 1. The number of hydrogen-bond acceptors (Lipinski definition) is 7. The normalized spacial score (nSPS) is 22.2. The number of nitrogens with zero attached hydrogens (tertiary/aromatic N) is 2. The molecule has 3 fully saturated rings. The van der Waals surface area contributed by atoms with Gasteiger partial charge >= 0.3 is 5.97 Å². The predicted octanol–water partition coefficient (Wildman–Crippen LogP) is 3.97. The minimum absolute atomic E-state index is 0. The fraction of sp³-hybridized carbons (Fsp3) is 0.545. The second-order valence-corrected chi connectivity index (χ2v) is 12.4. The number of halogens is 1. The summed E-state index contributed by atoms with van der Waals surface area (Å²) in [5.74, 6) is -0.226. The van der Waals surface area contributed by atoms with Crippen LogP contribution in [0.15, 0.2) is 48.5 Å². The molecular weight excluding hydrogens is 586 g/mol. The van der Waals surface area contributed by atoms with Crippen LogP contribution in [0.1, 0.15) is 74.2 Å². The third kappa shape index (κ3) is 7.54. The monoisotopic (exact) mass is 629 g/mol. The summed E-state index contributed by atoms with van der Waals surface area (Å²) in [6.45, 7) is 3.88. The number of carboxylic acid groups (broad SMARTS) is 1. The van der Waals surface area contributed by atoms with E-state index in [-0.39, 0.29) is 42.2 Å². The van der Waals surface area contributed by atoms with Crippen molar-refractivity contribution in [2.24, 2.45) is 5.92 Å². The molecule has 2 aromatic rings. The third-order valence-electron chi connectivity index (χ3n) is 9.35. The quantitative estimate of drug-likeness (QED) is 0.310. The fourth-order valence-corrected chi connectivity index (χ4v) is 6.76. The Kier molecular flexibility index (Phi) is 11.3. The van der Waals surface area contributed by atoms with Gasteiger partial charge < -0.3 is 30.3 Å². The van der Waals surface area contributed by atoms with Crippen LogP contribution in [0.3, 0.4) is 0 Å². The van der Waals surface area contributed by atoms with Gasteiger partial charge in [-0.05, 0) is 86.9 Å². The topological polar surface area (TPSA) is 140 Å². The molecule has 1 saturated carbocycles. The van der Waals surface area contributed by atoms with Crippen LogP contribution in [-0.2, 0) is 16.1 Å². The van der Waals surface area contributed by atoms with Crippen LogP contribution in [0, 0.1) is 5.92 Å². The zero-order chi connectivity index (χ0) is 30.6. The van der Waals surface area contributed by atoms with Gasteiger partial charge in [0.05, 0.1) is 17.8 Å². The molecule has 2 amide bonds. The highest BCUT2D eigenvalue weighted by Crippen LogP contribution is 2.36. The molecule has 2 heterocycles. The molecule has 2 saturated heterocycles. The van der Waals surface area contributed by atoms with Crippen LogP contribution >= 0.6 is 12.4 Å². The molecule has 3 atom stereocenters. The van der Waals surface area contributed by atoms with E-state index in [4.69, 9.17) is 9.84 Å². The molecule has 5 rings (SSSR count). The van der Waals surface area contributed by atoms with E-state index in [0.29, 0.717) is 50.4 Å². The van der Waals surface area contributed by atoms with Crippen molar-refractivity contribution in [3.05, 3.63) is 59.7 Å². The summed E-state index contributed by atoms with van der Waals surface area (Å²) in [7, 11) is 0. The maximum absolute atomic E-state index is 13.8. The molecule has 2 aromatic carbocycles. The summed E-state index contributed by atoms with van der Waals surface area (Å²) in [5, 5.41) is 33.2. The first kappa shape index (κ1) is 33.7. The highest BCUT2D eigenvalue weighted by molar-refractivity contribution is 6.00. The number of carbonyl (C=O) groups is 3. The van der Waals surface area contributed by atoms with E-state index in [9.17, 15) is 24.6 Å². The van der Waals surface area contributed by atoms with E-state index >= 15 is 0 Å². The third-order valence-corrected chi connectivity index (χ3v) is 9.35. The van der Waals surface area contributed by atoms with Crippen LogP contribution in [0.5, 0.6) is 11.5 Å². The Bertz CT molecular complexity index is 1270. The van der Waals surface area contributed by atoms with Crippen molar-refractivity contribution >= 4 is 30.2 Å². The van der Waals surface area contributed by atoms with Crippen molar-refractivity contribution < 1.29 is 34.4 Å². The number of carboxylic acids is 1. The Hall–Kier alpha value is -3.18. The van der Waals surface area contributed by atoms with Gasteiger partial charge in [0.1, 0.15) is 23.1 Å². The summed E-state index contributed by atoms with van der Waals surface area (Å²) < 4.78 is 5.85. The number of carbonyl (C=O) groups excluding carboxylic acids is 2. The van der Waals surface area contributed by atoms with Gasteiger partial charge in [0.25, 0.3) is 0 Å². The maximum atomic E-state index is 13.8. The number of piperidine rings is 1. The van der Waals surface area contributed by atoms with E-state index in [1.54, 1.807) is 24.0 Å². The second-order valence-electron chi connectivity index (χ2n) is 12.4. The Morgan fingerprint density at radius 3 is 2.14 bits per heavy atom. The lowest BCUT2D eigenvalue weighted by atomic mass is 9.78. The lowest BCUT2D eigenvalue weighted by Crippen LogP contribution is -2.75. The molecule has 0 radical (unpaired) electrons. The van der Waals surface area contributed by atoms with Gasteiger partial charge in [-0.2, -0.15) is 0 Å². The summed E-state index contributed by atoms with van der Waals surface area (Å²) in [6, 6.07) is 13.0. The molecule has 240 valence electrons. The van der Waals surface area contributed by atoms with Crippen molar-refractivity contribution in [3.63, 3.8) is 0 Å². The van der Waals surface area contributed by atoms with Crippen molar-refractivity contribution in [1.29, 1.82) is 0 Å². The Balaban J connectivity index is 0.00000442. The molecule has 0 bridgehead atoms. The first-order valence-electron chi connectivity index (χ1n) is 15.5. The van der Waals surface area contributed by atoms with Crippen molar-refractivity contribution in [2.75, 3.05) is 19.6 Å².